The van der Waals surface area contributed by atoms with E-state index in [1.165, 1.54) is 12.3 Å². The van der Waals surface area contributed by atoms with Gasteiger partial charge in [0, 0.05) is 29.2 Å². The number of pyridine rings is 1. The van der Waals surface area contributed by atoms with Gasteiger partial charge in [-0.05, 0) is 58.8 Å². The van der Waals surface area contributed by atoms with Crippen LogP contribution in [0.3, 0.4) is 0 Å². The minimum atomic E-state index is -0.415. The first-order valence-electron chi connectivity index (χ1n) is 10.9. The minimum absolute atomic E-state index is 0.379. The van der Waals surface area contributed by atoms with E-state index in [2.05, 4.69) is 32.0 Å². The quantitative estimate of drug-likeness (QED) is 0.513. The van der Waals surface area contributed by atoms with Crippen LogP contribution in [0.4, 0.5) is 4.39 Å². The molecule has 0 unspecified atom stereocenters. The van der Waals surface area contributed by atoms with Crippen LogP contribution < -0.4 is 10.1 Å². The molecule has 0 amide bonds. The van der Waals surface area contributed by atoms with Crippen molar-refractivity contribution in [3.05, 3.63) is 59.7 Å². The summed E-state index contributed by atoms with van der Waals surface area (Å²) in [4.78, 5) is 13.5. The van der Waals surface area contributed by atoms with Gasteiger partial charge in [-0.15, -0.1) is 0 Å². The number of halogens is 1. The normalized spacial score (nSPS) is 15.9. The number of aromatic nitrogens is 6. The van der Waals surface area contributed by atoms with Crippen molar-refractivity contribution in [1.29, 1.82) is 0 Å². The van der Waals surface area contributed by atoms with Crippen molar-refractivity contribution < 1.29 is 9.13 Å². The highest BCUT2D eigenvalue weighted by molar-refractivity contribution is 5.66. The zero-order valence-electron chi connectivity index (χ0n) is 18.4. The van der Waals surface area contributed by atoms with Crippen molar-refractivity contribution in [2.75, 3.05) is 13.1 Å². The molecule has 0 bridgehead atoms. The molecule has 166 valence electrons. The van der Waals surface area contributed by atoms with Gasteiger partial charge in [-0.1, -0.05) is 0 Å². The van der Waals surface area contributed by atoms with Gasteiger partial charge in [0.1, 0.15) is 17.6 Å². The zero-order valence-corrected chi connectivity index (χ0v) is 18.4. The third kappa shape index (κ3) is 3.73. The van der Waals surface area contributed by atoms with Crippen LogP contribution in [0.15, 0.2) is 36.8 Å². The van der Waals surface area contributed by atoms with Gasteiger partial charge in [0.15, 0.2) is 0 Å². The van der Waals surface area contributed by atoms with E-state index in [0.717, 1.165) is 54.2 Å². The summed E-state index contributed by atoms with van der Waals surface area (Å²) in [6.07, 6.45) is 6.56. The van der Waals surface area contributed by atoms with E-state index in [0.29, 0.717) is 17.7 Å². The molecule has 0 aromatic carbocycles. The molecule has 1 aliphatic heterocycles. The van der Waals surface area contributed by atoms with Crippen LogP contribution in [-0.2, 0) is 0 Å². The van der Waals surface area contributed by atoms with Gasteiger partial charge in [0.25, 0.3) is 0 Å². The van der Waals surface area contributed by atoms with Crippen molar-refractivity contribution in [2.24, 2.45) is 0 Å². The van der Waals surface area contributed by atoms with Crippen molar-refractivity contribution >= 4 is 5.65 Å². The number of piperidine rings is 1. The maximum absolute atomic E-state index is 13.3. The molecule has 32 heavy (non-hydrogen) atoms. The first-order valence-corrected chi connectivity index (χ1v) is 10.9. The molecule has 1 saturated heterocycles. The molecular weight excluding hydrogens is 409 g/mol. The van der Waals surface area contributed by atoms with Crippen molar-refractivity contribution in [3.63, 3.8) is 0 Å². The molecule has 0 spiro atoms. The number of imidazole rings is 1. The van der Waals surface area contributed by atoms with E-state index in [-0.39, 0.29) is 5.82 Å². The van der Waals surface area contributed by atoms with Gasteiger partial charge < -0.3 is 10.1 Å². The average molecular weight is 436 g/mol. The molecule has 1 fully saturated rings. The van der Waals surface area contributed by atoms with Crippen LogP contribution in [0.25, 0.3) is 16.9 Å². The van der Waals surface area contributed by atoms with E-state index >= 15 is 0 Å². The third-order valence-corrected chi connectivity index (χ3v) is 6.06. The van der Waals surface area contributed by atoms with Gasteiger partial charge in [0.2, 0.25) is 0 Å². The molecule has 4 aromatic rings. The molecule has 0 radical (unpaired) electrons. The van der Waals surface area contributed by atoms with Crippen molar-refractivity contribution in [3.8, 4) is 17.3 Å². The van der Waals surface area contributed by atoms with E-state index in [1.807, 2.05) is 30.5 Å². The van der Waals surface area contributed by atoms with Crippen molar-refractivity contribution in [2.45, 2.75) is 45.8 Å². The lowest BCUT2D eigenvalue weighted by Crippen LogP contribution is -2.30. The molecule has 5 rings (SSSR count). The van der Waals surface area contributed by atoms with E-state index in [9.17, 15) is 4.39 Å². The number of aryl methyl sites for hydroxylation is 1. The molecule has 1 aliphatic rings. The minimum Gasteiger partial charge on any atom is -0.455 e. The number of hydrogen-bond donors (Lipinski definition) is 1. The second kappa shape index (κ2) is 8.31. The summed E-state index contributed by atoms with van der Waals surface area (Å²) in [5.41, 5.74) is 5.08. The van der Waals surface area contributed by atoms with Gasteiger partial charge in [-0.25, -0.2) is 9.37 Å². The Morgan fingerprint density at radius 2 is 1.94 bits per heavy atom. The van der Waals surface area contributed by atoms with Crippen LogP contribution in [0.5, 0.6) is 6.01 Å². The Kier molecular flexibility index (Phi) is 5.34. The lowest BCUT2D eigenvalue weighted by atomic mass is 10.1. The maximum Gasteiger partial charge on any atom is 0.303 e. The molecule has 4 aromatic heterocycles. The fraction of sp³-hybridized carbons (Fsp3) is 0.391. The predicted octanol–water partition coefficient (Wildman–Crippen LogP) is 3.81. The first kappa shape index (κ1) is 20.6. The van der Waals surface area contributed by atoms with Gasteiger partial charge >= 0.3 is 6.01 Å². The Balaban J connectivity index is 1.53. The second-order valence-corrected chi connectivity index (χ2v) is 8.25. The molecule has 1 atom stereocenters. The average Bonchev–Trinajstić information content (AvgIpc) is 3.37. The Morgan fingerprint density at radius 1 is 1.12 bits per heavy atom. The Morgan fingerprint density at radius 3 is 2.69 bits per heavy atom. The molecule has 8 nitrogen and oxygen atoms in total. The highest BCUT2D eigenvalue weighted by atomic mass is 19.1. The number of nitrogens with one attached hydrogen (secondary N) is 1. The molecule has 5 heterocycles. The summed E-state index contributed by atoms with van der Waals surface area (Å²) in [6, 6.07) is 5.76. The SMILES string of the molecule is Cc1c(-c2cc3ncc(C)n3c(O[C@H](C)c3ccc(F)cn3)n2)cnn1C1CCNCC1. The molecular formula is C23H26FN7O. The number of hydrogen-bond acceptors (Lipinski definition) is 6. The van der Waals surface area contributed by atoms with E-state index in [4.69, 9.17) is 9.72 Å². The van der Waals surface area contributed by atoms with E-state index < -0.39 is 6.10 Å². The molecule has 0 saturated carbocycles. The van der Waals surface area contributed by atoms with Crippen LogP contribution in [0.1, 0.15) is 49.0 Å². The highest BCUT2D eigenvalue weighted by Gasteiger charge is 2.22. The van der Waals surface area contributed by atoms with Gasteiger partial charge in [-0.3, -0.25) is 14.1 Å². The van der Waals surface area contributed by atoms with Crippen LogP contribution >= 0.6 is 0 Å². The topological polar surface area (TPSA) is 82.2 Å². The second-order valence-electron chi connectivity index (χ2n) is 8.25. The summed E-state index contributed by atoms with van der Waals surface area (Å²) in [5, 5.41) is 8.08. The number of nitrogens with zero attached hydrogens (tertiary/aromatic N) is 6. The Hall–Kier alpha value is -3.33. The summed E-state index contributed by atoms with van der Waals surface area (Å²) < 4.78 is 23.5. The monoisotopic (exact) mass is 435 g/mol. The summed E-state index contributed by atoms with van der Waals surface area (Å²) in [5.74, 6) is -0.379. The largest absolute Gasteiger partial charge is 0.455 e. The van der Waals surface area contributed by atoms with Gasteiger partial charge in [0.05, 0.1) is 29.8 Å². The molecule has 1 N–H and O–H groups in total. The Labute approximate surface area is 185 Å². The van der Waals surface area contributed by atoms with Crippen LogP contribution in [0, 0.1) is 19.7 Å². The lowest BCUT2D eigenvalue weighted by molar-refractivity contribution is 0.199. The fourth-order valence-electron chi connectivity index (χ4n) is 4.27. The van der Waals surface area contributed by atoms with Crippen molar-refractivity contribution in [1.82, 2.24) is 34.4 Å². The first-order chi connectivity index (χ1) is 15.5. The smallest absolute Gasteiger partial charge is 0.303 e. The summed E-state index contributed by atoms with van der Waals surface area (Å²) in [7, 11) is 0. The van der Waals surface area contributed by atoms with Gasteiger partial charge in [-0.2, -0.15) is 10.1 Å². The van der Waals surface area contributed by atoms with E-state index in [1.54, 1.807) is 12.3 Å². The number of rotatable bonds is 5. The summed E-state index contributed by atoms with van der Waals surface area (Å²) in [6.45, 7) is 7.91. The zero-order chi connectivity index (χ0) is 22.2. The number of fused-ring (bicyclic) bond motifs is 1. The number of ether oxygens (including phenoxy) is 1. The van der Waals surface area contributed by atoms with Crippen LogP contribution in [-0.4, -0.2) is 42.2 Å². The molecule has 9 heteroatoms. The standard InChI is InChI=1S/C23H26FN7O/c1-14-11-27-22-10-21(19-13-28-31(15(19)2)18-6-8-25-9-7-18)29-23(30(14)22)32-16(3)20-5-4-17(24)12-26-20/h4-5,10-13,16,18,25H,6-9H2,1-3H3/t16-/m1/s1. The lowest BCUT2D eigenvalue weighted by Gasteiger charge is -2.24. The maximum atomic E-state index is 13.3. The van der Waals surface area contributed by atoms with Crippen LogP contribution in [0.2, 0.25) is 0 Å². The third-order valence-electron chi connectivity index (χ3n) is 6.06. The molecule has 0 aliphatic carbocycles. The predicted molar refractivity (Wildman–Crippen MR) is 118 cm³/mol. The Bertz CT molecular complexity index is 1240. The summed E-state index contributed by atoms with van der Waals surface area (Å²) >= 11 is 0. The fourth-order valence-corrected chi connectivity index (χ4v) is 4.27. The highest BCUT2D eigenvalue weighted by Crippen LogP contribution is 2.30.